The number of rotatable bonds is 0. The molecule has 0 aliphatic rings. The SMILES string of the molecule is FB(F)F.[N]. The van der Waals surface area contributed by atoms with Crippen LogP contribution in [0, 0.1) is 0 Å². The molecule has 0 aliphatic heterocycles. The highest BCUT2D eigenvalue weighted by atomic mass is 19.4. The van der Waals surface area contributed by atoms with Crippen LogP contribution in [0.2, 0.25) is 0 Å². The molecule has 0 fully saturated rings. The van der Waals surface area contributed by atoms with Crippen molar-refractivity contribution in [1.82, 2.24) is 6.15 Å². The first-order valence-corrected chi connectivity index (χ1v) is 0.655. The third-order valence-corrected chi connectivity index (χ3v) is 0. The zero-order valence-electron chi connectivity index (χ0n) is 2.16. The average Bonchev–Trinajstić information content (AvgIpc) is 0.811. The van der Waals surface area contributed by atoms with Crippen molar-refractivity contribution in [3.63, 3.8) is 0 Å². The summed E-state index contributed by atoms with van der Waals surface area (Å²) in [6, 6.07) is 0. The predicted molar refractivity (Wildman–Crippen MR) is 11.2 cm³/mol. The Morgan fingerprint density at radius 2 is 1.00 bits per heavy atom. The number of hydrogen-bond donors (Lipinski definition) is 0. The van der Waals surface area contributed by atoms with E-state index in [1.165, 1.54) is 0 Å². The molecule has 0 N–H and O–H groups in total. The van der Waals surface area contributed by atoms with Gasteiger partial charge in [-0.1, -0.05) is 0 Å². The molecule has 0 rings (SSSR count). The summed E-state index contributed by atoms with van der Waals surface area (Å²) >= 11 is 0. The molecule has 0 saturated carbocycles. The topological polar surface area (TPSA) is 30.5 Å². The Balaban J connectivity index is 0. The minimum absolute atomic E-state index is 0. The highest BCUT2D eigenvalue weighted by Crippen LogP contribution is 1.80. The van der Waals surface area contributed by atoms with E-state index in [2.05, 4.69) is 0 Å². The molecule has 0 amide bonds. The summed E-state index contributed by atoms with van der Waals surface area (Å²) in [5, 5.41) is 0. The van der Waals surface area contributed by atoms with Gasteiger partial charge in [0.15, 0.2) is 0 Å². The molecule has 5 heteroatoms. The van der Waals surface area contributed by atoms with E-state index in [4.69, 9.17) is 0 Å². The minimum atomic E-state index is -3.67. The van der Waals surface area contributed by atoms with Gasteiger partial charge in [-0.3, -0.25) is 12.9 Å². The molecule has 0 saturated heterocycles. The van der Waals surface area contributed by atoms with Crippen molar-refractivity contribution in [3.05, 3.63) is 0 Å². The maximum atomic E-state index is 9.67. The van der Waals surface area contributed by atoms with E-state index in [9.17, 15) is 12.9 Å². The molecule has 0 unspecified atom stereocenters. The monoisotopic (exact) mass is 82.0 g/mol. The molecule has 0 aliphatic carbocycles. The lowest BCUT2D eigenvalue weighted by molar-refractivity contribution is 0.535. The van der Waals surface area contributed by atoms with Gasteiger partial charge in [-0.05, 0) is 0 Å². The zero-order valence-corrected chi connectivity index (χ0v) is 2.16. The average molecular weight is 81.8 g/mol. The van der Waals surface area contributed by atoms with E-state index >= 15 is 0 Å². The quantitative estimate of drug-likeness (QED) is 0.378. The van der Waals surface area contributed by atoms with Crippen LogP contribution in [0.5, 0.6) is 0 Å². The molecule has 0 aromatic rings. The maximum absolute atomic E-state index is 9.67. The van der Waals surface area contributed by atoms with E-state index in [0.717, 1.165) is 0 Å². The summed E-state index contributed by atoms with van der Waals surface area (Å²) in [5.41, 5.74) is 0. The lowest BCUT2D eigenvalue weighted by Gasteiger charge is -1.55. The van der Waals surface area contributed by atoms with Crippen LogP contribution in [0.25, 0.3) is 0 Å². The highest BCUT2D eigenvalue weighted by Gasteiger charge is 2.06. The maximum Gasteiger partial charge on any atom is 0.762 e. The van der Waals surface area contributed by atoms with Crippen LogP contribution < -0.4 is 6.15 Å². The van der Waals surface area contributed by atoms with E-state index in [-0.39, 0.29) is 6.15 Å². The first-order chi connectivity index (χ1) is 1.73. The molecule has 0 aromatic carbocycles. The fraction of sp³-hybridized carbons (Fsp3) is 0. The lowest BCUT2D eigenvalue weighted by atomic mass is 10.5. The third-order valence-electron chi connectivity index (χ3n) is 0. The molecule has 1 nitrogen and oxygen atoms in total. The fourth-order valence-electron chi connectivity index (χ4n) is 0. The van der Waals surface area contributed by atoms with Gasteiger partial charge in [-0.2, -0.15) is 0 Å². The summed E-state index contributed by atoms with van der Waals surface area (Å²) in [4.78, 5) is 0. The van der Waals surface area contributed by atoms with Crippen LogP contribution in [-0.4, -0.2) is 7.54 Å². The van der Waals surface area contributed by atoms with Gasteiger partial charge in [0.2, 0.25) is 0 Å². The molecule has 3 radical (unpaired) electrons. The minimum Gasteiger partial charge on any atom is -0.254 e. The smallest absolute Gasteiger partial charge is 0.254 e. The summed E-state index contributed by atoms with van der Waals surface area (Å²) in [6.07, 6.45) is 0. The second-order valence-electron chi connectivity index (χ2n) is 0.247. The van der Waals surface area contributed by atoms with Crippen molar-refractivity contribution < 1.29 is 12.9 Å². The molecular formula is BF3N. The van der Waals surface area contributed by atoms with Crippen molar-refractivity contribution in [3.8, 4) is 0 Å². The molecular weight excluding hydrogens is 81.8 g/mol. The van der Waals surface area contributed by atoms with Crippen molar-refractivity contribution in [2.45, 2.75) is 0 Å². The van der Waals surface area contributed by atoms with Crippen LogP contribution in [0.15, 0.2) is 0 Å². The van der Waals surface area contributed by atoms with E-state index < -0.39 is 7.54 Å². The molecule has 0 spiro atoms. The van der Waals surface area contributed by atoms with Gasteiger partial charge in [-0.25, -0.2) is 0 Å². The van der Waals surface area contributed by atoms with Crippen LogP contribution >= 0.6 is 0 Å². The number of nitrogens with zero attached hydrogens (tertiary/aromatic N) is 1. The summed E-state index contributed by atoms with van der Waals surface area (Å²) in [7, 11) is -3.67. The van der Waals surface area contributed by atoms with Crippen LogP contribution in [0.4, 0.5) is 12.9 Å². The van der Waals surface area contributed by atoms with Gasteiger partial charge in [0.1, 0.15) is 0 Å². The molecule has 0 bridgehead atoms. The highest BCUT2D eigenvalue weighted by molar-refractivity contribution is 6.33. The number of halogens is 3. The molecule has 0 atom stereocenters. The fourth-order valence-corrected chi connectivity index (χ4v) is 0. The summed E-state index contributed by atoms with van der Waals surface area (Å²) in [5.74, 6) is 0. The Hall–Kier alpha value is -0.185. The van der Waals surface area contributed by atoms with E-state index in [1.54, 1.807) is 0 Å². The molecule has 0 heterocycles. The van der Waals surface area contributed by atoms with Gasteiger partial charge in [0.05, 0.1) is 0 Å². The van der Waals surface area contributed by atoms with Gasteiger partial charge in [0.25, 0.3) is 0 Å². The van der Waals surface area contributed by atoms with Crippen LogP contribution in [0.3, 0.4) is 0 Å². The first kappa shape index (κ1) is 8.84. The van der Waals surface area contributed by atoms with Crippen LogP contribution in [-0.2, 0) is 0 Å². The van der Waals surface area contributed by atoms with Crippen molar-refractivity contribution >= 4 is 7.54 Å². The standard InChI is InChI=1S/BF3.N/c2-1(3)4;. The zero-order chi connectivity index (χ0) is 3.58. The summed E-state index contributed by atoms with van der Waals surface area (Å²) < 4.78 is 29.0. The third kappa shape index (κ3) is 367. The van der Waals surface area contributed by atoms with Gasteiger partial charge < -0.3 is 0 Å². The first-order valence-electron chi connectivity index (χ1n) is 0.655. The normalized spacial score (nSPS) is 5.40. The van der Waals surface area contributed by atoms with Crippen molar-refractivity contribution in [1.29, 1.82) is 0 Å². The largest absolute Gasteiger partial charge is 0.762 e. The molecule has 0 aromatic heterocycles. The van der Waals surface area contributed by atoms with E-state index in [0.29, 0.717) is 0 Å². The Bertz CT molecular complexity index is 11.6. The Labute approximate surface area is 28.0 Å². The predicted octanol–water partition coefficient (Wildman–Crippen LogP) is 0.399. The van der Waals surface area contributed by atoms with Crippen molar-refractivity contribution in [2.75, 3.05) is 0 Å². The number of hydrogen-bond acceptors (Lipinski definition) is 0. The Morgan fingerprint density at radius 3 is 1.00 bits per heavy atom. The summed E-state index contributed by atoms with van der Waals surface area (Å²) in [6.45, 7) is 0. The molecule has 5 heavy (non-hydrogen) atoms. The van der Waals surface area contributed by atoms with Crippen LogP contribution in [0.1, 0.15) is 0 Å². The van der Waals surface area contributed by atoms with Gasteiger partial charge >= 0.3 is 7.54 Å². The van der Waals surface area contributed by atoms with Gasteiger partial charge in [-0.15, -0.1) is 0 Å². The Kier molecular flexibility index (Phi) is 6.75. The van der Waals surface area contributed by atoms with E-state index in [1.807, 2.05) is 0 Å². The van der Waals surface area contributed by atoms with Crippen molar-refractivity contribution in [2.24, 2.45) is 0 Å². The van der Waals surface area contributed by atoms with Gasteiger partial charge in [0, 0.05) is 6.15 Å². The second-order valence-corrected chi connectivity index (χ2v) is 0.247. The lowest BCUT2D eigenvalue weighted by Crippen LogP contribution is -1.76. The Morgan fingerprint density at radius 1 is 1.00 bits per heavy atom. The molecule has 29 valence electrons. The second kappa shape index (κ2) is 3.81.